The summed E-state index contributed by atoms with van der Waals surface area (Å²) < 4.78 is 4.91. The monoisotopic (exact) mass is 277 g/mol. The Kier molecular flexibility index (Phi) is 6.22. The predicted octanol–water partition coefficient (Wildman–Crippen LogP) is 2.72. The smallest absolute Gasteiger partial charge is 0.325 e. The molecule has 0 atom stereocenters. The zero-order valence-corrected chi connectivity index (χ0v) is 12.7. The highest BCUT2D eigenvalue weighted by Crippen LogP contribution is 2.12. The third-order valence-electron chi connectivity index (χ3n) is 3.16. The van der Waals surface area contributed by atoms with Crippen molar-refractivity contribution in [3.63, 3.8) is 0 Å². The minimum atomic E-state index is -0.363. The lowest BCUT2D eigenvalue weighted by Gasteiger charge is -2.21. The maximum Gasteiger partial charge on any atom is 0.325 e. The van der Waals surface area contributed by atoms with E-state index in [1.165, 1.54) is 0 Å². The summed E-state index contributed by atoms with van der Waals surface area (Å²) in [5.41, 5.74) is 2.84. The molecule has 0 bridgehead atoms. The second-order valence-electron chi connectivity index (χ2n) is 4.83. The fourth-order valence-electron chi connectivity index (χ4n) is 1.94. The van der Waals surface area contributed by atoms with Gasteiger partial charge >= 0.3 is 5.97 Å². The summed E-state index contributed by atoms with van der Waals surface area (Å²) in [5.74, 6) is -0.485. The van der Waals surface area contributed by atoms with E-state index in [-0.39, 0.29) is 18.4 Å². The molecular formula is C16H23NO3. The molecule has 1 aromatic rings. The molecule has 0 aliphatic carbocycles. The molecule has 0 fully saturated rings. The maximum atomic E-state index is 12.5. The van der Waals surface area contributed by atoms with Gasteiger partial charge in [0.25, 0.3) is 5.91 Å². The van der Waals surface area contributed by atoms with Crippen molar-refractivity contribution in [1.82, 2.24) is 4.90 Å². The summed E-state index contributed by atoms with van der Waals surface area (Å²) in [5, 5.41) is 0. The Labute approximate surface area is 120 Å². The highest BCUT2D eigenvalue weighted by Gasteiger charge is 2.19. The fraction of sp³-hybridized carbons (Fsp3) is 0.500. The molecule has 0 radical (unpaired) electrons. The van der Waals surface area contributed by atoms with Crippen LogP contribution in [0.4, 0.5) is 0 Å². The largest absolute Gasteiger partial charge is 0.465 e. The highest BCUT2D eigenvalue weighted by atomic mass is 16.5. The van der Waals surface area contributed by atoms with Gasteiger partial charge in [-0.15, -0.1) is 0 Å². The van der Waals surface area contributed by atoms with Crippen LogP contribution in [0.1, 0.15) is 41.8 Å². The van der Waals surface area contributed by atoms with E-state index in [1.807, 2.05) is 32.9 Å². The molecule has 0 N–H and O–H groups in total. The molecule has 0 unspecified atom stereocenters. The molecule has 0 saturated carbocycles. The fourth-order valence-corrected chi connectivity index (χ4v) is 1.94. The molecule has 1 rings (SSSR count). The summed E-state index contributed by atoms with van der Waals surface area (Å²) in [4.78, 5) is 25.6. The molecular weight excluding hydrogens is 254 g/mol. The molecule has 4 nitrogen and oxygen atoms in total. The minimum absolute atomic E-state index is 0.00738. The number of amides is 1. The molecule has 0 aliphatic rings. The maximum absolute atomic E-state index is 12.5. The van der Waals surface area contributed by atoms with Gasteiger partial charge in [-0.25, -0.2) is 0 Å². The van der Waals surface area contributed by atoms with Crippen LogP contribution in [0.25, 0.3) is 0 Å². The van der Waals surface area contributed by atoms with Crippen LogP contribution >= 0.6 is 0 Å². The normalized spacial score (nSPS) is 10.2. The molecule has 0 saturated heterocycles. The van der Waals surface area contributed by atoms with E-state index in [1.54, 1.807) is 17.9 Å². The lowest BCUT2D eigenvalue weighted by Crippen LogP contribution is -2.37. The van der Waals surface area contributed by atoms with Crippen molar-refractivity contribution in [3.8, 4) is 0 Å². The van der Waals surface area contributed by atoms with E-state index in [0.717, 1.165) is 17.5 Å². The number of benzene rings is 1. The molecule has 0 heterocycles. The molecule has 1 amide bonds. The molecule has 0 aliphatic heterocycles. The summed E-state index contributed by atoms with van der Waals surface area (Å²) in [6.07, 6.45) is 0.802. The lowest BCUT2D eigenvalue weighted by molar-refractivity contribution is -0.143. The molecule has 20 heavy (non-hydrogen) atoms. The molecule has 0 aromatic heterocycles. The van der Waals surface area contributed by atoms with Crippen LogP contribution in [0.2, 0.25) is 0 Å². The molecule has 0 spiro atoms. The van der Waals surface area contributed by atoms with Crippen LogP contribution < -0.4 is 0 Å². The van der Waals surface area contributed by atoms with Crippen LogP contribution in [0.3, 0.4) is 0 Å². The first-order valence-electron chi connectivity index (χ1n) is 7.01. The predicted molar refractivity (Wildman–Crippen MR) is 78.7 cm³/mol. The van der Waals surface area contributed by atoms with Crippen molar-refractivity contribution in [2.45, 2.75) is 34.1 Å². The number of rotatable bonds is 6. The van der Waals surface area contributed by atoms with Crippen LogP contribution in [-0.4, -0.2) is 36.5 Å². The number of ether oxygens (including phenoxy) is 1. The van der Waals surface area contributed by atoms with Crippen molar-refractivity contribution in [2.75, 3.05) is 19.7 Å². The zero-order valence-electron chi connectivity index (χ0n) is 12.7. The number of aryl methyl sites for hydroxylation is 2. The lowest BCUT2D eigenvalue weighted by atomic mass is 10.1. The van der Waals surface area contributed by atoms with E-state index in [4.69, 9.17) is 4.74 Å². The second kappa shape index (κ2) is 7.68. The average molecular weight is 277 g/mol. The van der Waals surface area contributed by atoms with Crippen LogP contribution in [0, 0.1) is 13.8 Å². The van der Waals surface area contributed by atoms with Crippen molar-refractivity contribution in [2.24, 2.45) is 0 Å². The molecule has 1 aromatic carbocycles. The van der Waals surface area contributed by atoms with Gasteiger partial charge in [-0.05, 0) is 50.5 Å². The van der Waals surface area contributed by atoms with E-state index in [2.05, 4.69) is 0 Å². The van der Waals surface area contributed by atoms with Gasteiger partial charge in [-0.1, -0.05) is 13.0 Å². The van der Waals surface area contributed by atoms with Crippen LogP contribution in [-0.2, 0) is 9.53 Å². The Balaban J connectivity index is 2.87. The summed E-state index contributed by atoms with van der Waals surface area (Å²) in [6.45, 7) is 8.60. The van der Waals surface area contributed by atoms with Gasteiger partial charge in [0.15, 0.2) is 0 Å². The molecule has 4 heteroatoms. The highest BCUT2D eigenvalue weighted by molar-refractivity contribution is 5.96. The van der Waals surface area contributed by atoms with Gasteiger partial charge in [0.2, 0.25) is 0 Å². The first kappa shape index (κ1) is 16.2. The van der Waals surface area contributed by atoms with E-state index >= 15 is 0 Å². The number of hydrogen-bond acceptors (Lipinski definition) is 3. The van der Waals surface area contributed by atoms with Gasteiger partial charge < -0.3 is 9.64 Å². The Bertz CT molecular complexity index is 483. The Morgan fingerprint density at radius 3 is 2.40 bits per heavy atom. The van der Waals surface area contributed by atoms with Gasteiger partial charge in [0.1, 0.15) is 6.54 Å². The van der Waals surface area contributed by atoms with Gasteiger partial charge in [-0.3, -0.25) is 9.59 Å². The first-order valence-corrected chi connectivity index (χ1v) is 7.01. The average Bonchev–Trinajstić information content (AvgIpc) is 2.41. The Morgan fingerprint density at radius 1 is 1.15 bits per heavy atom. The zero-order chi connectivity index (χ0) is 15.1. The summed E-state index contributed by atoms with van der Waals surface area (Å²) in [7, 11) is 0. The van der Waals surface area contributed by atoms with Crippen molar-refractivity contribution < 1.29 is 14.3 Å². The second-order valence-corrected chi connectivity index (χ2v) is 4.83. The van der Waals surface area contributed by atoms with Crippen molar-refractivity contribution >= 4 is 11.9 Å². The topological polar surface area (TPSA) is 46.6 Å². The Morgan fingerprint density at radius 2 is 1.85 bits per heavy atom. The first-order chi connectivity index (χ1) is 9.49. The quantitative estimate of drug-likeness (QED) is 0.751. The van der Waals surface area contributed by atoms with Gasteiger partial charge in [0, 0.05) is 12.1 Å². The number of nitrogens with zero attached hydrogens (tertiary/aromatic N) is 1. The van der Waals surface area contributed by atoms with E-state index in [9.17, 15) is 9.59 Å². The number of carbonyl (C=O) groups excluding carboxylic acids is 2. The molecule has 110 valence electrons. The van der Waals surface area contributed by atoms with Crippen LogP contribution in [0.5, 0.6) is 0 Å². The van der Waals surface area contributed by atoms with Gasteiger partial charge in [0.05, 0.1) is 6.61 Å². The Hall–Kier alpha value is -1.84. The van der Waals surface area contributed by atoms with E-state index < -0.39 is 0 Å². The minimum Gasteiger partial charge on any atom is -0.465 e. The number of hydrogen-bond donors (Lipinski definition) is 0. The standard InChI is InChI=1S/C16H23NO3/c1-5-9-17(11-15(18)20-6-2)16(19)14-8-7-12(3)13(4)10-14/h7-8,10H,5-6,9,11H2,1-4H3. The summed E-state index contributed by atoms with van der Waals surface area (Å²) in [6, 6.07) is 5.60. The van der Waals surface area contributed by atoms with Crippen molar-refractivity contribution in [1.29, 1.82) is 0 Å². The van der Waals surface area contributed by atoms with Crippen LogP contribution in [0.15, 0.2) is 18.2 Å². The van der Waals surface area contributed by atoms with Gasteiger partial charge in [-0.2, -0.15) is 0 Å². The van der Waals surface area contributed by atoms with Crippen molar-refractivity contribution in [3.05, 3.63) is 34.9 Å². The SMILES string of the molecule is CCCN(CC(=O)OCC)C(=O)c1ccc(C)c(C)c1. The number of carbonyl (C=O) groups is 2. The summed E-state index contributed by atoms with van der Waals surface area (Å²) >= 11 is 0. The number of esters is 1. The third kappa shape index (κ3) is 4.37. The third-order valence-corrected chi connectivity index (χ3v) is 3.16. The van der Waals surface area contributed by atoms with E-state index in [0.29, 0.717) is 18.7 Å².